The van der Waals surface area contributed by atoms with Crippen molar-refractivity contribution >= 4 is 23.5 Å². The Morgan fingerprint density at radius 3 is 2.82 bits per heavy atom. The molecule has 0 radical (unpaired) electrons. The van der Waals surface area contributed by atoms with E-state index in [1.807, 2.05) is 16.7 Å². The zero-order valence-electron chi connectivity index (χ0n) is 15.2. The van der Waals surface area contributed by atoms with Crippen molar-refractivity contribution in [3.63, 3.8) is 0 Å². The molecule has 28 heavy (non-hydrogen) atoms. The minimum absolute atomic E-state index is 0.0514. The van der Waals surface area contributed by atoms with Crippen LogP contribution in [-0.4, -0.2) is 46.7 Å². The fraction of sp³-hybridized carbons (Fsp3) is 0.278. The second-order valence-corrected chi connectivity index (χ2v) is 7.73. The number of nitrogens with one attached hydrogen (secondary N) is 1. The van der Waals surface area contributed by atoms with Gasteiger partial charge >= 0.3 is 6.03 Å². The number of amides is 3. The van der Waals surface area contributed by atoms with Crippen molar-refractivity contribution < 1.29 is 9.59 Å². The molecule has 3 aromatic rings. The van der Waals surface area contributed by atoms with Gasteiger partial charge in [0.25, 0.3) is 5.91 Å². The Labute approximate surface area is 164 Å². The summed E-state index contributed by atoms with van der Waals surface area (Å²) in [7, 11) is 0. The fourth-order valence-corrected chi connectivity index (χ4v) is 3.95. The van der Waals surface area contributed by atoms with E-state index in [-0.39, 0.29) is 12.5 Å². The molecule has 2 aliphatic heterocycles. The highest BCUT2D eigenvalue weighted by Crippen LogP contribution is 2.36. The Balaban J connectivity index is 1.65. The average molecular weight is 398 g/mol. The van der Waals surface area contributed by atoms with Crippen LogP contribution in [0.2, 0.25) is 5.02 Å². The van der Waals surface area contributed by atoms with E-state index in [2.05, 4.69) is 20.4 Å². The summed E-state index contributed by atoms with van der Waals surface area (Å²) in [5.41, 5.74) is 1.44. The van der Waals surface area contributed by atoms with Crippen LogP contribution >= 0.6 is 11.6 Å². The molecule has 0 aliphatic carbocycles. The van der Waals surface area contributed by atoms with E-state index in [9.17, 15) is 9.59 Å². The van der Waals surface area contributed by atoms with Gasteiger partial charge in [-0.3, -0.25) is 14.3 Å². The summed E-state index contributed by atoms with van der Waals surface area (Å²) in [6.07, 6.45) is 3.21. The molecular weight excluding hydrogens is 382 g/mol. The molecule has 0 spiro atoms. The molecule has 1 saturated heterocycles. The Morgan fingerprint density at radius 1 is 1.25 bits per heavy atom. The molecule has 5 rings (SSSR count). The van der Waals surface area contributed by atoms with E-state index in [1.165, 1.54) is 11.2 Å². The lowest BCUT2D eigenvalue weighted by Crippen LogP contribution is -2.40. The highest BCUT2D eigenvalue weighted by Gasteiger charge is 2.44. The van der Waals surface area contributed by atoms with Crippen molar-refractivity contribution in [2.24, 2.45) is 0 Å². The van der Waals surface area contributed by atoms with Gasteiger partial charge in [-0.1, -0.05) is 17.7 Å². The van der Waals surface area contributed by atoms with Crippen LogP contribution in [0.1, 0.15) is 25.4 Å². The maximum absolute atomic E-state index is 12.6. The van der Waals surface area contributed by atoms with Gasteiger partial charge in [0, 0.05) is 0 Å². The smallest absolute Gasteiger partial charge is 0.324 e. The summed E-state index contributed by atoms with van der Waals surface area (Å²) in [4.78, 5) is 34.9. The molecule has 10 heteroatoms. The Morgan fingerprint density at radius 2 is 2.07 bits per heavy atom. The topological polar surface area (TPSA) is 97.9 Å². The number of imidazole rings is 1. The predicted octanol–water partition coefficient (Wildman–Crippen LogP) is 1.98. The van der Waals surface area contributed by atoms with E-state index in [0.717, 1.165) is 16.9 Å². The minimum atomic E-state index is -0.932. The van der Waals surface area contributed by atoms with Crippen molar-refractivity contribution in [3.8, 4) is 17.1 Å². The number of carbonyl (C=O) groups excluding carboxylic acids is 2. The first kappa shape index (κ1) is 16.9. The van der Waals surface area contributed by atoms with Crippen LogP contribution in [0.5, 0.6) is 0 Å². The van der Waals surface area contributed by atoms with Crippen LogP contribution in [0.25, 0.3) is 17.1 Å². The molecule has 2 aliphatic rings. The number of urea groups is 1. The van der Waals surface area contributed by atoms with Crippen molar-refractivity contribution in [2.45, 2.75) is 32.5 Å². The first-order chi connectivity index (χ1) is 13.4. The highest BCUT2D eigenvalue weighted by atomic mass is 35.5. The van der Waals surface area contributed by atoms with E-state index in [1.54, 1.807) is 30.8 Å². The van der Waals surface area contributed by atoms with Crippen molar-refractivity contribution in [1.82, 2.24) is 34.5 Å². The average Bonchev–Trinajstić information content (AvgIpc) is 3.27. The molecule has 3 amide bonds. The summed E-state index contributed by atoms with van der Waals surface area (Å²) >= 11 is 6.50. The molecule has 0 bridgehead atoms. The first-order valence-electron chi connectivity index (χ1n) is 8.73. The third-order valence-electron chi connectivity index (χ3n) is 5.04. The Kier molecular flexibility index (Phi) is 3.42. The number of imide groups is 1. The summed E-state index contributed by atoms with van der Waals surface area (Å²) in [6.45, 7) is 3.85. The number of aromatic nitrogens is 5. The van der Waals surface area contributed by atoms with Crippen molar-refractivity contribution in [1.29, 1.82) is 0 Å². The maximum atomic E-state index is 12.6. The SMILES string of the molecule is CC1(C)NC(=O)N(Cc2ncc3n2-c2cccc(Cl)c2-c2ncnn2C3)C1=O. The van der Waals surface area contributed by atoms with Crippen LogP contribution in [0, 0.1) is 0 Å². The molecule has 142 valence electrons. The van der Waals surface area contributed by atoms with Gasteiger partial charge in [0.05, 0.1) is 41.3 Å². The predicted molar refractivity (Wildman–Crippen MR) is 99.9 cm³/mol. The Bertz CT molecular complexity index is 1150. The molecule has 2 aromatic heterocycles. The molecular formula is C18H16ClN7O2. The van der Waals surface area contributed by atoms with Gasteiger partial charge in [-0.2, -0.15) is 5.10 Å². The Hall–Kier alpha value is -3.20. The second-order valence-electron chi connectivity index (χ2n) is 7.32. The van der Waals surface area contributed by atoms with E-state index in [0.29, 0.717) is 23.2 Å². The number of rotatable bonds is 2. The lowest BCUT2D eigenvalue weighted by molar-refractivity contribution is -0.130. The summed E-state index contributed by atoms with van der Waals surface area (Å²) < 4.78 is 3.68. The quantitative estimate of drug-likeness (QED) is 0.521. The van der Waals surface area contributed by atoms with Gasteiger partial charge in [-0.15, -0.1) is 0 Å². The van der Waals surface area contributed by atoms with Crippen molar-refractivity contribution in [2.75, 3.05) is 0 Å². The third kappa shape index (κ3) is 2.29. The number of hydrogen-bond acceptors (Lipinski definition) is 5. The van der Waals surface area contributed by atoms with Crippen LogP contribution in [0.3, 0.4) is 0 Å². The normalized spacial score (nSPS) is 17.0. The standard InChI is InChI=1S/C18H16ClN7O2/c1-18(2)16(27)24(17(28)23-18)8-13-20-6-10-7-25-15(21-9-22-25)14-11(19)4-3-5-12(14)26(10)13/h3-6,9H,7-8H2,1-2H3,(H,23,28). The molecule has 9 nitrogen and oxygen atoms in total. The van der Waals surface area contributed by atoms with E-state index in [4.69, 9.17) is 11.6 Å². The largest absolute Gasteiger partial charge is 0.325 e. The first-order valence-corrected chi connectivity index (χ1v) is 9.11. The fourth-order valence-electron chi connectivity index (χ4n) is 3.70. The highest BCUT2D eigenvalue weighted by molar-refractivity contribution is 6.33. The molecule has 0 saturated carbocycles. The number of halogens is 1. The maximum Gasteiger partial charge on any atom is 0.325 e. The number of hydrogen-bond donors (Lipinski definition) is 1. The molecule has 1 N–H and O–H groups in total. The third-order valence-corrected chi connectivity index (χ3v) is 5.35. The summed E-state index contributed by atoms with van der Waals surface area (Å²) in [6, 6.07) is 5.12. The summed E-state index contributed by atoms with van der Waals surface area (Å²) in [5, 5.41) is 7.52. The van der Waals surface area contributed by atoms with E-state index >= 15 is 0 Å². The lowest BCUT2D eigenvalue weighted by atomic mass is 10.1. The molecule has 1 fully saturated rings. The lowest BCUT2D eigenvalue weighted by Gasteiger charge is -2.18. The number of benzene rings is 1. The van der Waals surface area contributed by atoms with Crippen molar-refractivity contribution in [3.05, 3.63) is 47.3 Å². The van der Waals surface area contributed by atoms with Gasteiger partial charge in [0.2, 0.25) is 0 Å². The van der Waals surface area contributed by atoms with Gasteiger partial charge in [0.15, 0.2) is 5.82 Å². The molecule has 1 aromatic carbocycles. The van der Waals surface area contributed by atoms with Gasteiger partial charge < -0.3 is 5.32 Å². The number of nitrogens with zero attached hydrogens (tertiary/aromatic N) is 6. The molecule has 0 unspecified atom stereocenters. The monoisotopic (exact) mass is 397 g/mol. The van der Waals surface area contributed by atoms with Gasteiger partial charge in [0.1, 0.15) is 17.7 Å². The van der Waals surface area contributed by atoms with Crippen LogP contribution in [0.4, 0.5) is 4.79 Å². The number of carbonyl (C=O) groups is 2. The van der Waals surface area contributed by atoms with Crippen LogP contribution in [-0.2, 0) is 17.9 Å². The molecule has 0 atom stereocenters. The van der Waals surface area contributed by atoms with Gasteiger partial charge in [-0.25, -0.2) is 19.4 Å². The van der Waals surface area contributed by atoms with Crippen LogP contribution in [0.15, 0.2) is 30.7 Å². The number of fused-ring (bicyclic) bond motifs is 5. The summed E-state index contributed by atoms with van der Waals surface area (Å²) in [5.74, 6) is 0.932. The minimum Gasteiger partial charge on any atom is -0.324 e. The van der Waals surface area contributed by atoms with E-state index < -0.39 is 11.6 Å². The molecule has 4 heterocycles. The van der Waals surface area contributed by atoms with Crippen LogP contribution < -0.4 is 5.32 Å². The second kappa shape index (κ2) is 5.65. The zero-order chi connectivity index (χ0) is 19.6. The zero-order valence-corrected chi connectivity index (χ0v) is 15.9. The van der Waals surface area contributed by atoms with Gasteiger partial charge in [-0.05, 0) is 26.0 Å².